The van der Waals surface area contributed by atoms with Gasteiger partial charge in [0.1, 0.15) is 6.61 Å². The van der Waals surface area contributed by atoms with Crippen LogP contribution in [-0.2, 0) is 32.7 Å². The summed E-state index contributed by atoms with van der Waals surface area (Å²) in [4.78, 5) is 34.8. The number of carbonyl (C=O) groups excluding carboxylic acids is 2. The van der Waals surface area contributed by atoms with Crippen LogP contribution in [0, 0.1) is 0 Å². The summed E-state index contributed by atoms with van der Waals surface area (Å²) in [6.07, 6.45) is 41.4. The van der Waals surface area contributed by atoms with Crippen LogP contribution in [0.15, 0.2) is 48.6 Å². The predicted octanol–water partition coefficient (Wildman–Crippen LogP) is 11.2. The molecule has 0 bridgehead atoms. The van der Waals surface area contributed by atoms with Gasteiger partial charge in [0.2, 0.25) is 0 Å². The average molecular weight is 740 g/mol. The molecule has 0 heterocycles. The number of carbonyl (C=O) groups is 2. The number of rotatable bonds is 37. The third-order valence-electron chi connectivity index (χ3n) is 8.20. The first-order chi connectivity index (χ1) is 24.8. The van der Waals surface area contributed by atoms with Crippen LogP contribution in [0.2, 0.25) is 0 Å². The third kappa shape index (κ3) is 37.5. The van der Waals surface area contributed by atoms with Crippen LogP contribution >= 0.6 is 7.82 Å². The summed E-state index contributed by atoms with van der Waals surface area (Å²) >= 11 is 0. The second-order valence-corrected chi connectivity index (χ2v) is 14.6. The molecule has 0 aliphatic rings. The number of phosphoric ester groups is 1. The van der Waals surface area contributed by atoms with Crippen LogP contribution in [0.25, 0.3) is 0 Å². The lowest BCUT2D eigenvalue weighted by atomic mass is 10.1. The number of nitrogens with two attached hydrogens (primary N) is 1. The zero-order valence-electron chi connectivity index (χ0n) is 32.3. The standard InChI is InChI=1S/C41H74NO8P/c1-3-5-7-9-11-13-15-17-19-21-23-25-27-29-31-33-40(43)47-37-39(38-49-51(45,46)48-36-35-42)50-41(44)34-32-30-28-26-24-22-20-18-16-14-12-10-8-6-4-2/h6,8,12,14,17-20,39H,3-5,7,9-11,13,15-16,21-38,42H2,1-2H3,(H,45,46)/b8-6-,14-12-,19-17-,20-18-. The van der Waals surface area contributed by atoms with Gasteiger partial charge in [0.05, 0.1) is 13.2 Å². The molecule has 0 rings (SSSR count). The maximum atomic E-state index is 12.5. The maximum Gasteiger partial charge on any atom is 0.472 e. The van der Waals surface area contributed by atoms with Crippen molar-refractivity contribution in [2.75, 3.05) is 26.4 Å². The molecule has 10 heteroatoms. The first kappa shape index (κ1) is 49.0. The molecule has 0 aliphatic carbocycles. The summed E-state index contributed by atoms with van der Waals surface area (Å²) in [7, 11) is -4.38. The lowest BCUT2D eigenvalue weighted by Crippen LogP contribution is -2.29. The van der Waals surface area contributed by atoms with Crippen molar-refractivity contribution >= 4 is 19.8 Å². The van der Waals surface area contributed by atoms with Crippen molar-refractivity contribution in [3.05, 3.63) is 48.6 Å². The van der Waals surface area contributed by atoms with Gasteiger partial charge in [-0.05, 0) is 70.6 Å². The third-order valence-corrected chi connectivity index (χ3v) is 9.18. The zero-order valence-corrected chi connectivity index (χ0v) is 33.2. The Morgan fingerprint density at radius 1 is 0.608 bits per heavy atom. The minimum atomic E-state index is -4.38. The monoisotopic (exact) mass is 740 g/mol. The van der Waals surface area contributed by atoms with E-state index in [4.69, 9.17) is 24.3 Å². The van der Waals surface area contributed by atoms with Crippen molar-refractivity contribution in [2.24, 2.45) is 5.73 Å². The van der Waals surface area contributed by atoms with Gasteiger partial charge in [0, 0.05) is 19.4 Å². The van der Waals surface area contributed by atoms with Crippen LogP contribution in [0.3, 0.4) is 0 Å². The summed E-state index contributed by atoms with van der Waals surface area (Å²) in [5.74, 6) is -0.861. The Morgan fingerprint density at radius 2 is 1.08 bits per heavy atom. The second kappa shape index (κ2) is 37.7. The van der Waals surface area contributed by atoms with E-state index in [9.17, 15) is 19.0 Å². The van der Waals surface area contributed by atoms with E-state index in [1.807, 2.05) is 0 Å². The van der Waals surface area contributed by atoms with Crippen molar-refractivity contribution in [2.45, 2.75) is 174 Å². The first-order valence-electron chi connectivity index (χ1n) is 20.1. The molecule has 2 unspecified atom stereocenters. The van der Waals surface area contributed by atoms with Crippen molar-refractivity contribution in [3.8, 4) is 0 Å². The molecule has 0 saturated carbocycles. The number of ether oxygens (including phenoxy) is 2. The number of phosphoric acid groups is 1. The molecule has 2 atom stereocenters. The van der Waals surface area contributed by atoms with Crippen LogP contribution in [-0.4, -0.2) is 49.3 Å². The molecule has 0 aromatic carbocycles. The quantitative estimate of drug-likeness (QED) is 0.0276. The largest absolute Gasteiger partial charge is 0.472 e. The van der Waals surface area contributed by atoms with E-state index < -0.39 is 32.5 Å². The summed E-state index contributed by atoms with van der Waals surface area (Å²) in [6.45, 7) is 3.57. The van der Waals surface area contributed by atoms with Crippen molar-refractivity contribution in [3.63, 3.8) is 0 Å². The second-order valence-electron chi connectivity index (χ2n) is 13.1. The van der Waals surface area contributed by atoms with Gasteiger partial charge < -0.3 is 20.1 Å². The number of hydrogen-bond donors (Lipinski definition) is 2. The molecule has 296 valence electrons. The number of allylic oxidation sites excluding steroid dienone is 8. The van der Waals surface area contributed by atoms with Crippen molar-refractivity contribution in [1.29, 1.82) is 0 Å². The molecule has 0 radical (unpaired) electrons. The van der Waals surface area contributed by atoms with E-state index in [1.54, 1.807) is 0 Å². The summed E-state index contributed by atoms with van der Waals surface area (Å²) in [6, 6.07) is 0. The molecule has 0 aliphatic heterocycles. The molecular weight excluding hydrogens is 665 g/mol. The van der Waals surface area contributed by atoms with Gasteiger partial charge in [-0.3, -0.25) is 18.6 Å². The Morgan fingerprint density at radius 3 is 1.63 bits per heavy atom. The molecule has 3 N–H and O–H groups in total. The van der Waals surface area contributed by atoms with Crippen LogP contribution < -0.4 is 5.73 Å². The van der Waals surface area contributed by atoms with Gasteiger partial charge in [0.25, 0.3) is 0 Å². The van der Waals surface area contributed by atoms with Crippen LogP contribution in [0.1, 0.15) is 168 Å². The van der Waals surface area contributed by atoms with E-state index in [2.05, 4.69) is 62.5 Å². The van der Waals surface area contributed by atoms with Gasteiger partial charge >= 0.3 is 19.8 Å². The molecule has 0 amide bonds. The fraction of sp³-hybridized carbons (Fsp3) is 0.756. The minimum Gasteiger partial charge on any atom is -0.462 e. The number of unbranched alkanes of at least 4 members (excludes halogenated alkanes) is 16. The summed E-state index contributed by atoms with van der Waals surface area (Å²) < 4.78 is 32.7. The Kier molecular flexibility index (Phi) is 36.2. The van der Waals surface area contributed by atoms with Gasteiger partial charge in [-0.1, -0.05) is 133 Å². The SMILES string of the molecule is CC/C=C\C/C=C\C/C=C\CCCCCCCC(=O)OC(COC(=O)CCCCCCC/C=C\CCCCCCCC)COP(=O)(O)OCCN. The molecule has 0 aromatic heterocycles. The van der Waals surface area contributed by atoms with E-state index in [1.165, 1.54) is 44.9 Å². The lowest BCUT2D eigenvalue weighted by Gasteiger charge is -2.19. The smallest absolute Gasteiger partial charge is 0.462 e. The van der Waals surface area contributed by atoms with E-state index in [0.29, 0.717) is 6.42 Å². The minimum absolute atomic E-state index is 0.0476. The fourth-order valence-corrected chi connectivity index (χ4v) is 6.00. The highest BCUT2D eigenvalue weighted by Crippen LogP contribution is 2.43. The van der Waals surface area contributed by atoms with Gasteiger partial charge in [-0.2, -0.15) is 0 Å². The molecule has 0 saturated heterocycles. The highest BCUT2D eigenvalue weighted by Gasteiger charge is 2.25. The molecule has 0 fully saturated rings. The summed E-state index contributed by atoms with van der Waals surface area (Å²) in [5.41, 5.74) is 5.33. The Hall–Kier alpha value is -2.03. The number of hydrogen-bond acceptors (Lipinski definition) is 8. The Balaban J connectivity index is 4.24. The van der Waals surface area contributed by atoms with Crippen molar-refractivity contribution < 1.29 is 37.6 Å². The maximum absolute atomic E-state index is 12.5. The Bertz CT molecular complexity index is 981. The van der Waals surface area contributed by atoms with Gasteiger partial charge in [-0.25, -0.2) is 4.57 Å². The fourth-order valence-electron chi connectivity index (χ4n) is 5.23. The average Bonchev–Trinajstić information content (AvgIpc) is 3.11. The highest BCUT2D eigenvalue weighted by atomic mass is 31.2. The molecule has 0 spiro atoms. The highest BCUT2D eigenvalue weighted by molar-refractivity contribution is 7.47. The number of esters is 2. The van der Waals surface area contributed by atoms with E-state index in [-0.39, 0.29) is 32.6 Å². The topological polar surface area (TPSA) is 134 Å². The molecule has 9 nitrogen and oxygen atoms in total. The zero-order chi connectivity index (χ0) is 37.5. The predicted molar refractivity (Wildman–Crippen MR) is 210 cm³/mol. The van der Waals surface area contributed by atoms with Crippen LogP contribution in [0.4, 0.5) is 0 Å². The van der Waals surface area contributed by atoms with Gasteiger partial charge in [0.15, 0.2) is 6.10 Å². The molecule has 0 aromatic rings. The van der Waals surface area contributed by atoms with Crippen LogP contribution in [0.5, 0.6) is 0 Å². The van der Waals surface area contributed by atoms with Gasteiger partial charge in [-0.15, -0.1) is 0 Å². The molecular formula is C41H74NO8P. The summed E-state index contributed by atoms with van der Waals surface area (Å²) in [5, 5.41) is 0. The van der Waals surface area contributed by atoms with E-state index >= 15 is 0 Å². The normalized spacial score (nSPS) is 13.9. The Labute approximate surface area is 311 Å². The lowest BCUT2D eigenvalue weighted by molar-refractivity contribution is -0.161. The first-order valence-corrected chi connectivity index (χ1v) is 21.6. The van der Waals surface area contributed by atoms with Crippen molar-refractivity contribution in [1.82, 2.24) is 0 Å². The van der Waals surface area contributed by atoms with E-state index in [0.717, 1.165) is 89.9 Å². The molecule has 51 heavy (non-hydrogen) atoms.